The van der Waals surface area contributed by atoms with Crippen LogP contribution in [0.15, 0.2) is 11.0 Å². The average molecular weight is 411 g/mol. The maximum atomic E-state index is 13.2. The van der Waals surface area contributed by atoms with Crippen molar-refractivity contribution in [3.63, 3.8) is 0 Å². The highest BCUT2D eigenvalue weighted by atomic mass is 19.3. The number of nitrogens with one attached hydrogen (secondary N) is 1. The van der Waals surface area contributed by atoms with Crippen molar-refractivity contribution in [2.75, 3.05) is 24.6 Å². The molecule has 1 atom stereocenters. The van der Waals surface area contributed by atoms with Crippen LogP contribution >= 0.6 is 0 Å². The molecule has 0 bridgehead atoms. The lowest BCUT2D eigenvalue weighted by molar-refractivity contribution is -0.0406. The minimum Gasteiger partial charge on any atom is -0.444 e. The van der Waals surface area contributed by atoms with Crippen LogP contribution in [0, 0.1) is 11.3 Å². The standard InChI is InChI=1S/C18H23F2N5O4/c19-18(20)4-1-12(2-5-18)23-17(28)29-13-3-6-24(11-13)15-10-22-25(7-8-26)16(27)14(15)9-21/h10,12-13,26H,1-8,11H2,(H,23,28)/t13-/m1/s1. The molecule has 1 aliphatic heterocycles. The van der Waals surface area contributed by atoms with Gasteiger partial charge in [-0.25, -0.2) is 18.3 Å². The fourth-order valence-corrected chi connectivity index (χ4v) is 3.66. The van der Waals surface area contributed by atoms with E-state index in [1.807, 2.05) is 6.07 Å². The van der Waals surface area contributed by atoms with Gasteiger partial charge in [-0.15, -0.1) is 0 Å². The average Bonchev–Trinajstić information content (AvgIpc) is 3.13. The van der Waals surface area contributed by atoms with Gasteiger partial charge in [0.05, 0.1) is 31.6 Å². The number of hydrogen-bond donors (Lipinski definition) is 2. The summed E-state index contributed by atoms with van der Waals surface area (Å²) in [7, 11) is 0. The van der Waals surface area contributed by atoms with Gasteiger partial charge in [0.1, 0.15) is 17.7 Å². The summed E-state index contributed by atoms with van der Waals surface area (Å²) in [6, 6.07) is 1.55. The Bertz CT molecular complexity index is 844. The van der Waals surface area contributed by atoms with Crippen LogP contribution in [-0.4, -0.2) is 58.7 Å². The van der Waals surface area contributed by atoms with E-state index in [0.717, 1.165) is 4.68 Å². The number of aromatic nitrogens is 2. The van der Waals surface area contributed by atoms with Gasteiger partial charge >= 0.3 is 6.09 Å². The van der Waals surface area contributed by atoms with E-state index in [1.54, 1.807) is 4.90 Å². The Kier molecular flexibility index (Phi) is 6.32. The molecule has 9 nitrogen and oxygen atoms in total. The van der Waals surface area contributed by atoms with Crippen molar-refractivity contribution in [1.29, 1.82) is 5.26 Å². The molecule has 2 aliphatic rings. The third-order valence-electron chi connectivity index (χ3n) is 5.25. The number of halogens is 2. The van der Waals surface area contributed by atoms with Gasteiger partial charge in [-0.05, 0) is 12.8 Å². The molecule has 1 aromatic heterocycles. The first-order chi connectivity index (χ1) is 13.8. The zero-order chi connectivity index (χ0) is 21.0. The molecule has 0 spiro atoms. The number of alkyl carbamates (subject to hydrolysis) is 1. The molecule has 2 N–H and O–H groups in total. The van der Waals surface area contributed by atoms with Gasteiger partial charge in [-0.1, -0.05) is 0 Å². The summed E-state index contributed by atoms with van der Waals surface area (Å²) in [6.45, 7) is 0.473. The number of carbonyl (C=O) groups is 1. The maximum Gasteiger partial charge on any atom is 0.407 e. The number of aliphatic hydroxyl groups excluding tert-OH is 1. The second-order valence-electron chi connectivity index (χ2n) is 7.31. The second-order valence-corrected chi connectivity index (χ2v) is 7.31. The molecule has 29 heavy (non-hydrogen) atoms. The van der Waals surface area contributed by atoms with E-state index < -0.39 is 23.7 Å². The molecule has 0 radical (unpaired) electrons. The third-order valence-corrected chi connectivity index (χ3v) is 5.25. The van der Waals surface area contributed by atoms with E-state index in [1.165, 1.54) is 6.20 Å². The van der Waals surface area contributed by atoms with Crippen LogP contribution in [0.3, 0.4) is 0 Å². The summed E-state index contributed by atoms with van der Waals surface area (Å²) in [4.78, 5) is 26.1. The van der Waals surface area contributed by atoms with Crippen molar-refractivity contribution < 1.29 is 23.4 Å². The summed E-state index contributed by atoms with van der Waals surface area (Å²) in [5.74, 6) is -2.66. The van der Waals surface area contributed by atoms with Crippen LogP contribution < -0.4 is 15.8 Å². The molecule has 1 aliphatic carbocycles. The third kappa shape index (κ3) is 5.00. The molecule has 158 valence electrons. The number of hydrogen-bond acceptors (Lipinski definition) is 7. The summed E-state index contributed by atoms with van der Waals surface area (Å²) in [5.41, 5.74) is -0.315. The first kappa shape index (κ1) is 21.0. The smallest absolute Gasteiger partial charge is 0.407 e. The number of aliphatic hydroxyl groups is 1. The van der Waals surface area contributed by atoms with Crippen molar-refractivity contribution in [1.82, 2.24) is 15.1 Å². The molecule has 1 aromatic rings. The number of nitrogens with zero attached hydrogens (tertiary/aromatic N) is 4. The van der Waals surface area contributed by atoms with E-state index in [2.05, 4.69) is 10.4 Å². The Hall–Kier alpha value is -2.74. The molecule has 0 aromatic carbocycles. The number of anilines is 1. The molecule has 2 fully saturated rings. The highest BCUT2D eigenvalue weighted by molar-refractivity contribution is 5.68. The number of carbonyl (C=O) groups excluding carboxylic acids is 1. The highest BCUT2D eigenvalue weighted by Crippen LogP contribution is 2.33. The quantitative estimate of drug-likeness (QED) is 0.741. The number of rotatable bonds is 5. The van der Waals surface area contributed by atoms with Crippen LogP contribution in [0.5, 0.6) is 0 Å². The summed E-state index contributed by atoms with van der Waals surface area (Å²) in [6.07, 6.45) is 0.707. The molecule has 0 unspecified atom stereocenters. The van der Waals surface area contributed by atoms with Crippen LogP contribution in [0.2, 0.25) is 0 Å². The zero-order valence-electron chi connectivity index (χ0n) is 15.8. The number of nitriles is 1. The van der Waals surface area contributed by atoms with Crippen LogP contribution in [0.4, 0.5) is 19.3 Å². The van der Waals surface area contributed by atoms with E-state index in [0.29, 0.717) is 18.7 Å². The minimum absolute atomic E-state index is 0.00714. The lowest BCUT2D eigenvalue weighted by atomic mass is 9.92. The van der Waals surface area contributed by atoms with Crippen molar-refractivity contribution in [3.8, 4) is 6.07 Å². The normalized spacial score (nSPS) is 21.6. The SMILES string of the molecule is N#Cc1c(N2CC[C@@H](OC(=O)NC3CCC(F)(F)CC3)C2)cnn(CCO)c1=O. The second kappa shape index (κ2) is 8.73. The van der Waals surface area contributed by atoms with Gasteiger partial charge < -0.3 is 20.1 Å². The van der Waals surface area contributed by atoms with E-state index in [4.69, 9.17) is 9.84 Å². The highest BCUT2D eigenvalue weighted by Gasteiger charge is 2.36. The van der Waals surface area contributed by atoms with Gasteiger partial charge in [0.2, 0.25) is 5.92 Å². The Balaban J connectivity index is 1.57. The monoisotopic (exact) mass is 411 g/mol. The van der Waals surface area contributed by atoms with Crippen molar-refractivity contribution in [2.24, 2.45) is 0 Å². The minimum atomic E-state index is -2.66. The lowest BCUT2D eigenvalue weighted by Gasteiger charge is -2.28. The molecular formula is C18H23F2N5O4. The van der Waals surface area contributed by atoms with Crippen molar-refractivity contribution in [3.05, 3.63) is 22.1 Å². The largest absolute Gasteiger partial charge is 0.444 e. The van der Waals surface area contributed by atoms with Gasteiger partial charge in [0.25, 0.3) is 5.56 Å². The predicted molar refractivity (Wildman–Crippen MR) is 97.7 cm³/mol. The fourth-order valence-electron chi connectivity index (χ4n) is 3.66. The molecule has 1 amide bonds. The fraction of sp³-hybridized carbons (Fsp3) is 0.667. The summed E-state index contributed by atoms with van der Waals surface area (Å²) >= 11 is 0. The van der Waals surface area contributed by atoms with Crippen LogP contribution in [0.25, 0.3) is 0 Å². The molecule has 1 saturated carbocycles. The van der Waals surface area contributed by atoms with Crippen molar-refractivity contribution >= 4 is 11.8 Å². The van der Waals surface area contributed by atoms with Crippen LogP contribution in [0.1, 0.15) is 37.7 Å². The van der Waals surface area contributed by atoms with Gasteiger partial charge in [0.15, 0.2) is 0 Å². The first-order valence-corrected chi connectivity index (χ1v) is 9.54. The Labute approximate surface area is 165 Å². The Morgan fingerprint density at radius 3 is 2.79 bits per heavy atom. The zero-order valence-corrected chi connectivity index (χ0v) is 15.8. The van der Waals surface area contributed by atoms with Crippen LogP contribution in [-0.2, 0) is 11.3 Å². The van der Waals surface area contributed by atoms with E-state index in [-0.39, 0.29) is 57.0 Å². The Morgan fingerprint density at radius 2 is 2.14 bits per heavy atom. The predicted octanol–water partition coefficient (Wildman–Crippen LogP) is 0.990. The molecule has 3 rings (SSSR count). The first-order valence-electron chi connectivity index (χ1n) is 9.54. The molecule has 1 saturated heterocycles. The van der Waals surface area contributed by atoms with Gasteiger partial charge in [0, 0.05) is 31.8 Å². The van der Waals surface area contributed by atoms with Gasteiger partial charge in [-0.2, -0.15) is 10.4 Å². The lowest BCUT2D eigenvalue weighted by Crippen LogP contribution is -2.42. The number of alkyl halides is 2. The Morgan fingerprint density at radius 1 is 1.41 bits per heavy atom. The maximum absolute atomic E-state index is 13.2. The molecular weight excluding hydrogens is 388 g/mol. The summed E-state index contributed by atoms with van der Waals surface area (Å²) < 4.78 is 32.8. The molecule has 11 heteroatoms. The topological polar surface area (TPSA) is 120 Å². The molecule has 2 heterocycles. The number of ether oxygens (including phenoxy) is 1. The van der Waals surface area contributed by atoms with E-state index in [9.17, 15) is 23.6 Å². The van der Waals surface area contributed by atoms with Gasteiger partial charge in [-0.3, -0.25) is 4.79 Å². The number of amides is 1. The van der Waals surface area contributed by atoms with E-state index >= 15 is 0 Å². The van der Waals surface area contributed by atoms with Crippen molar-refractivity contribution in [2.45, 2.75) is 56.7 Å². The summed E-state index contributed by atoms with van der Waals surface area (Å²) in [5, 5.41) is 24.9.